The minimum Gasteiger partial charge on any atom is -0.462 e. The average Bonchev–Trinajstić information content (AvgIpc) is 3.00. The third-order valence-corrected chi connectivity index (χ3v) is 3.31. The zero-order valence-electron chi connectivity index (χ0n) is 12.2. The largest absolute Gasteiger partial charge is 0.462 e. The van der Waals surface area contributed by atoms with Gasteiger partial charge in [0.2, 0.25) is 0 Å². The Hall–Kier alpha value is -3.40. The van der Waals surface area contributed by atoms with Crippen molar-refractivity contribution in [2.75, 3.05) is 6.61 Å². The van der Waals surface area contributed by atoms with Crippen molar-refractivity contribution >= 4 is 11.6 Å². The summed E-state index contributed by atoms with van der Waals surface area (Å²) in [5, 5.41) is 11.7. The first kappa shape index (κ1) is 14.5. The van der Waals surface area contributed by atoms with Crippen LogP contribution in [-0.2, 0) is 4.74 Å². The molecule has 0 aliphatic carbocycles. The Morgan fingerprint density at radius 3 is 2.78 bits per heavy atom. The van der Waals surface area contributed by atoms with Crippen molar-refractivity contribution in [2.45, 2.75) is 6.92 Å². The second-order valence-corrected chi connectivity index (χ2v) is 4.75. The molecule has 0 atom stereocenters. The Morgan fingerprint density at radius 1 is 1.39 bits per heavy atom. The number of aromatic nitrogens is 3. The van der Waals surface area contributed by atoms with Gasteiger partial charge in [-0.25, -0.2) is 14.3 Å². The molecule has 1 N–H and O–H groups in total. The molecule has 0 spiro atoms. The fraction of sp³-hybridized carbons (Fsp3) is 0.125. The number of nitrogens with one attached hydrogen (secondary N) is 1. The number of nitrogens with zero attached hydrogens (tertiary/aromatic N) is 3. The number of H-pyrrole nitrogens is 1. The predicted octanol–water partition coefficient (Wildman–Crippen LogP) is 1.74. The van der Waals surface area contributed by atoms with E-state index in [1.807, 2.05) is 6.07 Å². The van der Waals surface area contributed by atoms with E-state index in [0.717, 1.165) is 5.56 Å². The fourth-order valence-corrected chi connectivity index (χ4v) is 2.18. The van der Waals surface area contributed by atoms with Crippen LogP contribution in [0.2, 0.25) is 0 Å². The smallest absolute Gasteiger partial charge is 0.345 e. The molecule has 7 nitrogen and oxygen atoms in total. The van der Waals surface area contributed by atoms with Crippen LogP contribution in [0, 0.1) is 11.3 Å². The normalized spacial score (nSPS) is 10.4. The highest BCUT2D eigenvalue weighted by Crippen LogP contribution is 2.18. The number of nitriles is 1. The van der Waals surface area contributed by atoms with Crippen molar-refractivity contribution < 1.29 is 9.53 Å². The van der Waals surface area contributed by atoms with Gasteiger partial charge in [-0.15, -0.1) is 0 Å². The van der Waals surface area contributed by atoms with Crippen molar-refractivity contribution in [2.24, 2.45) is 0 Å². The number of carbonyl (C=O) groups excluding carboxylic acids is 1. The average molecular weight is 308 g/mol. The lowest BCUT2D eigenvalue weighted by Gasteiger charge is -2.00. The maximum absolute atomic E-state index is 12.3. The van der Waals surface area contributed by atoms with Crippen LogP contribution < -0.4 is 5.56 Å². The molecule has 0 aliphatic heterocycles. The molecule has 0 radical (unpaired) electrons. The summed E-state index contributed by atoms with van der Waals surface area (Å²) < 4.78 is 6.03. The van der Waals surface area contributed by atoms with Crippen molar-refractivity contribution in [3.63, 3.8) is 0 Å². The van der Waals surface area contributed by atoms with E-state index in [1.165, 1.54) is 10.7 Å². The summed E-state index contributed by atoms with van der Waals surface area (Å²) in [6.07, 6.45) is 1.21. The minimum absolute atomic E-state index is 0.127. The second kappa shape index (κ2) is 5.77. The third-order valence-electron chi connectivity index (χ3n) is 3.31. The molecular formula is C16H12N4O3. The molecule has 0 amide bonds. The summed E-state index contributed by atoms with van der Waals surface area (Å²) in [7, 11) is 0. The van der Waals surface area contributed by atoms with Crippen LogP contribution in [0.15, 0.2) is 41.3 Å². The number of benzene rings is 1. The quantitative estimate of drug-likeness (QED) is 0.743. The number of rotatable bonds is 3. The number of carbonyl (C=O) groups is 1. The van der Waals surface area contributed by atoms with Crippen molar-refractivity contribution in [3.05, 3.63) is 58.0 Å². The van der Waals surface area contributed by atoms with Gasteiger partial charge in [0, 0.05) is 12.3 Å². The topological polar surface area (TPSA) is 100 Å². The van der Waals surface area contributed by atoms with E-state index in [-0.39, 0.29) is 12.2 Å². The van der Waals surface area contributed by atoms with Crippen LogP contribution >= 0.6 is 0 Å². The van der Waals surface area contributed by atoms with Gasteiger partial charge in [-0.2, -0.15) is 5.26 Å². The SMILES string of the molecule is CCOC(=O)c1cnc2cc(-c3ccc(C#N)cc3)[nH]n2c1=O. The first-order valence-corrected chi connectivity index (χ1v) is 6.92. The van der Waals surface area contributed by atoms with Crippen LogP contribution in [0.4, 0.5) is 0 Å². The highest BCUT2D eigenvalue weighted by atomic mass is 16.5. The highest BCUT2D eigenvalue weighted by molar-refractivity contribution is 5.88. The van der Waals surface area contributed by atoms with Crippen molar-refractivity contribution in [1.82, 2.24) is 14.6 Å². The molecule has 7 heteroatoms. The number of esters is 1. The third kappa shape index (κ3) is 2.58. The molecule has 2 heterocycles. The van der Waals surface area contributed by atoms with Gasteiger partial charge in [0.05, 0.1) is 23.9 Å². The number of aromatic amines is 1. The monoisotopic (exact) mass is 308 g/mol. The van der Waals surface area contributed by atoms with Gasteiger partial charge in [-0.3, -0.25) is 9.89 Å². The summed E-state index contributed by atoms with van der Waals surface area (Å²) in [6, 6.07) is 10.6. The fourth-order valence-electron chi connectivity index (χ4n) is 2.18. The molecule has 0 aliphatic rings. The zero-order valence-corrected chi connectivity index (χ0v) is 12.2. The molecule has 3 aromatic rings. The zero-order chi connectivity index (χ0) is 16.4. The Morgan fingerprint density at radius 2 is 2.13 bits per heavy atom. The molecule has 1 aromatic carbocycles. The number of fused-ring (bicyclic) bond motifs is 1. The molecule has 23 heavy (non-hydrogen) atoms. The predicted molar refractivity (Wildman–Crippen MR) is 81.9 cm³/mol. The van der Waals surface area contributed by atoms with Crippen LogP contribution in [0.1, 0.15) is 22.8 Å². The minimum atomic E-state index is -0.700. The Kier molecular flexibility index (Phi) is 3.65. The molecule has 0 bridgehead atoms. The molecule has 0 saturated carbocycles. The highest BCUT2D eigenvalue weighted by Gasteiger charge is 2.16. The van der Waals surface area contributed by atoms with E-state index in [1.54, 1.807) is 37.3 Å². The summed E-state index contributed by atoms with van der Waals surface area (Å²) >= 11 is 0. The van der Waals surface area contributed by atoms with Crippen LogP contribution in [0.25, 0.3) is 16.9 Å². The van der Waals surface area contributed by atoms with Gasteiger partial charge >= 0.3 is 5.97 Å². The first-order chi connectivity index (χ1) is 11.1. The van der Waals surface area contributed by atoms with Gasteiger partial charge in [-0.05, 0) is 24.6 Å². The Bertz CT molecular complexity index is 977. The maximum atomic E-state index is 12.3. The molecule has 2 aromatic heterocycles. The van der Waals surface area contributed by atoms with Gasteiger partial charge in [0.1, 0.15) is 5.56 Å². The summed E-state index contributed by atoms with van der Waals surface area (Å²) in [5.41, 5.74) is 1.74. The maximum Gasteiger partial charge on any atom is 0.345 e. The van der Waals surface area contributed by atoms with Gasteiger partial charge in [0.15, 0.2) is 5.65 Å². The number of hydrogen-bond donors (Lipinski definition) is 1. The molecular weight excluding hydrogens is 296 g/mol. The summed E-state index contributed by atoms with van der Waals surface area (Å²) in [5.74, 6) is -0.700. The van der Waals surface area contributed by atoms with Gasteiger partial charge < -0.3 is 4.74 Å². The number of ether oxygens (including phenoxy) is 1. The van der Waals surface area contributed by atoms with E-state index in [9.17, 15) is 9.59 Å². The lowest BCUT2D eigenvalue weighted by atomic mass is 10.1. The lowest BCUT2D eigenvalue weighted by molar-refractivity contribution is 0.0523. The van der Waals surface area contributed by atoms with E-state index in [4.69, 9.17) is 10.00 Å². The summed E-state index contributed by atoms with van der Waals surface area (Å²) in [6.45, 7) is 1.85. The van der Waals surface area contributed by atoms with Crippen LogP contribution in [0.3, 0.4) is 0 Å². The van der Waals surface area contributed by atoms with E-state index >= 15 is 0 Å². The van der Waals surface area contributed by atoms with Crippen LogP contribution in [0.5, 0.6) is 0 Å². The van der Waals surface area contributed by atoms with E-state index in [2.05, 4.69) is 10.1 Å². The molecule has 0 fully saturated rings. The standard InChI is InChI=1S/C16H12N4O3/c1-2-23-16(22)12-9-18-14-7-13(19-20(14)15(12)21)11-5-3-10(8-17)4-6-11/h3-7,9,19H,2H2,1H3. The Labute approximate surface area is 130 Å². The molecule has 114 valence electrons. The van der Waals surface area contributed by atoms with E-state index in [0.29, 0.717) is 16.9 Å². The second-order valence-electron chi connectivity index (χ2n) is 4.75. The number of hydrogen-bond acceptors (Lipinski definition) is 5. The van der Waals surface area contributed by atoms with Gasteiger partial charge in [-0.1, -0.05) is 12.1 Å². The van der Waals surface area contributed by atoms with E-state index < -0.39 is 11.5 Å². The molecule has 3 rings (SSSR count). The summed E-state index contributed by atoms with van der Waals surface area (Å²) in [4.78, 5) is 28.2. The van der Waals surface area contributed by atoms with Crippen LogP contribution in [-0.4, -0.2) is 27.2 Å². The first-order valence-electron chi connectivity index (χ1n) is 6.92. The molecule has 0 saturated heterocycles. The van der Waals surface area contributed by atoms with Crippen molar-refractivity contribution in [3.8, 4) is 17.3 Å². The molecule has 0 unspecified atom stereocenters. The lowest BCUT2D eigenvalue weighted by Crippen LogP contribution is -2.24. The van der Waals surface area contributed by atoms with Gasteiger partial charge in [0.25, 0.3) is 5.56 Å². The van der Waals surface area contributed by atoms with Crippen molar-refractivity contribution in [1.29, 1.82) is 5.26 Å². The Balaban J connectivity index is 2.08.